The van der Waals surface area contributed by atoms with E-state index in [2.05, 4.69) is 15.5 Å². The monoisotopic (exact) mass is 406 g/mol. The van der Waals surface area contributed by atoms with Gasteiger partial charge in [0.05, 0.1) is 17.0 Å². The lowest BCUT2D eigenvalue weighted by Gasteiger charge is -2.13. The third kappa shape index (κ3) is 4.92. The topological polar surface area (TPSA) is 59.8 Å². The number of carbonyl (C=O) groups excluding carboxylic acids is 1. The summed E-state index contributed by atoms with van der Waals surface area (Å²) in [7, 11) is 1.79. The van der Waals surface area contributed by atoms with Gasteiger partial charge >= 0.3 is 6.18 Å². The van der Waals surface area contributed by atoms with Crippen LogP contribution in [0, 0.1) is 0 Å². The highest BCUT2D eigenvalue weighted by Crippen LogP contribution is 2.34. The number of halogens is 3. The van der Waals surface area contributed by atoms with Crippen molar-refractivity contribution in [2.45, 2.75) is 17.8 Å². The number of nitrogens with one attached hydrogen (secondary N) is 1. The Balaban J connectivity index is 1.62. The van der Waals surface area contributed by atoms with Crippen LogP contribution in [0.2, 0.25) is 0 Å². The molecule has 3 rings (SSSR count). The van der Waals surface area contributed by atoms with Gasteiger partial charge in [0.15, 0.2) is 5.16 Å². The van der Waals surface area contributed by atoms with Gasteiger partial charge in [-0.25, -0.2) is 0 Å². The minimum absolute atomic E-state index is 0.0799. The molecule has 28 heavy (non-hydrogen) atoms. The van der Waals surface area contributed by atoms with Gasteiger partial charge in [0.25, 0.3) is 0 Å². The van der Waals surface area contributed by atoms with Gasteiger partial charge in [0, 0.05) is 13.5 Å². The molecule has 1 N–H and O–H groups in total. The van der Waals surface area contributed by atoms with E-state index in [-0.39, 0.29) is 11.4 Å². The molecule has 0 aliphatic heterocycles. The molecule has 0 bridgehead atoms. The third-order valence-electron chi connectivity index (χ3n) is 3.97. The van der Waals surface area contributed by atoms with E-state index in [0.29, 0.717) is 11.6 Å². The molecule has 0 unspecified atom stereocenters. The summed E-state index contributed by atoms with van der Waals surface area (Å²) in [6.45, 7) is 0. The molecule has 5 nitrogen and oxygen atoms in total. The van der Waals surface area contributed by atoms with Crippen molar-refractivity contribution in [1.29, 1.82) is 0 Å². The molecule has 1 amide bonds. The fourth-order valence-electron chi connectivity index (χ4n) is 2.56. The molecular weight excluding hydrogens is 389 g/mol. The maximum atomic E-state index is 13.0. The lowest BCUT2D eigenvalue weighted by Crippen LogP contribution is -2.18. The Morgan fingerprint density at radius 1 is 1.07 bits per heavy atom. The van der Waals surface area contributed by atoms with E-state index in [1.807, 2.05) is 30.3 Å². The van der Waals surface area contributed by atoms with E-state index in [0.717, 1.165) is 29.2 Å². The maximum Gasteiger partial charge on any atom is 0.418 e. The molecule has 0 atom stereocenters. The summed E-state index contributed by atoms with van der Waals surface area (Å²) in [5.74, 6) is 0.106. The predicted molar refractivity (Wildman–Crippen MR) is 101 cm³/mol. The van der Waals surface area contributed by atoms with E-state index in [1.165, 1.54) is 18.2 Å². The Hall–Kier alpha value is -2.81. The van der Waals surface area contributed by atoms with Crippen LogP contribution in [-0.2, 0) is 24.4 Å². The van der Waals surface area contributed by atoms with Crippen LogP contribution in [-0.4, -0.2) is 26.4 Å². The van der Waals surface area contributed by atoms with Crippen molar-refractivity contribution in [2.75, 3.05) is 11.1 Å². The lowest BCUT2D eigenvalue weighted by molar-refractivity contribution is -0.137. The molecule has 3 aromatic rings. The molecule has 1 aromatic heterocycles. The summed E-state index contributed by atoms with van der Waals surface area (Å²) < 4.78 is 40.8. The number of amides is 1. The zero-order chi connectivity index (χ0) is 20.1. The quantitative estimate of drug-likeness (QED) is 0.625. The van der Waals surface area contributed by atoms with Gasteiger partial charge in [0.2, 0.25) is 5.91 Å². The number of benzene rings is 2. The van der Waals surface area contributed by atoms with Gasteiger partial charge < -0.3 is 9.88 Å². The van der Waals surface area contributed by atoms with Crippen LogP contribution in [0.15, 0.2) is 59.8 Å². The predicted octanol–water partition coefficient (Wildman–Crippen LogP) is 4.16. The third-order valence-corrected chi connectivity index (χ3v) is 4.99. The number of nitrogens with zero attached hydrogens (tertiary/aromatic N) is 3. The zero-order valence-electron chi connectivity index (χ0n) is 14.9. The normalized spacial score (nSPS) is 11.4. The van der Waals surface area contributed by atoms with Crippen LogP contribution in [0.25, 0.3) is 0 Å². The number of thioether (sulfide) groups is 1. The van der Waals surface area contributed by atoms with Gasteiger partial charge in [-0.05, 0) is 17.7 Å². The first-order valence-corrected chi connectivity index (χ1v) is 9.34. The molecule has 0 spiro atoms. The molecule has 0 saturated carbocycles. The van der Waals surface area contributed by atoms with Crippen LogP contribution < -0.4 is 5.32 Å². The number of alkyl halides is 3. The standard InChI is InChI=1S/C19H17F3N4OS/c1-26-16(11-13-7-3-2-4-8-13)24-25-18(26)28-12-17(27)23-15-10-6-5-9-14(15)19(20,21)22/h2-10H,11-12H2,1H3,(H,23,27). The Morgan fingerprint density at radius 2 is 1.75 bits per heavy atom. The van der Waals surface area contributed by atoms with E-state index >= 15 is 0 Å². The molecular formula is C19H17F3N4OS. The van der Waals surface area contributed by atoms with E-state index in [4.69, 9.17) is 0 Å². The Kier molecular flexibility index (Phi) is 6.03. The van der Waals surface area contributed by atoms with Crippen molar-refractivity contribution >= 4 is 23.4 Å². The first-order chi connectivity index (χ1) is 13.3. The Labute approximate surface area is 164 Å². The van der Waals surface area contributed by atoms with Gasteiger partial charge in [-0.15, -0.1) is 10.2 Å². The molecule has 2 aromatic carbocycles. The Morgan fingerprint density at radius 3 is 2.46 bits per heavy atom. The van der Waals surface area contributed by atoms with Gasteiger partial charge in [-0.1, -0.05) is 54.2 Å². The average Bonchev–Trinajstić information content (AvgIpc) is 3.00. The molecule has 0 saturated heterocycles. The molecule has 9 heteroatoms. The average molecular weight is 406 g/mol. The number of carbonyl (C=O) groups is 1. The fraction of sp³-hybridized carbons (Fsp3) is 0.211. The highest BCUT2D eigenvalue weighted by Gasteiger charge is 2.33. The molecule has 0 fully saturated rings. The van der Waals surface area contributed by atoms with E-state index in [1.54, 1.807) is 11.6 Å². The summed E-state index contributed by atoms with van der Waals surface area (Å²) in [4.78, 5) is 12.1. The fourth-order valence-corrected chi connectivity index (χ4v) is 3.29. The number of para-hydroxylation sites is 1. The lowest BCUT2D eigenvalue weighted by atomic mass is 10.1. The van der Waals surface area contributed by atoms with Crippen molar-refractivity contribution in [3.05, 3.63) is 71.5 Å². The largest absolute Gasteiger partial charge is 0.418 e. The molecule has 1 heterocycles. The second kappa shape index (κ2) is 8.47. The van der Waals surface area contributed by atoms with Crippen molar-refractivity contribution in [2.24, 2.45) is 7.05 Å². The van der Waals surface area contributed by atoms with E-state index < -0.39 is 17.6 Å². The summed E-state index contributed by atoms with van der Waals surface area (Å²) >= 11 is 1.12. The summed E-state index contributed by atoms with van der Waals surface area (Å²) in [5, 5.41) is 11.0. The second-order valence-electron chi connectivity index (χ2n) is 6.00. The number of anilines is 1. The number of rotatable bonds is 6. The SMILES string of the molecule is Cn1c(Cc2ccccc2)nnc1SCC(=O)Nc1ccccc1C(F)(F)F. The number of aromatic nitrogens is 3. The van der Waals surface area contributed by atoms with Crippen LogP contribution >= 0.6 is 11.8 Å². The second-order valence-corrected chi connectivity index (χ2v) is 6.94. The van der Waals surface area contributed by atoms with Gasteiger partial charge in [-0.2, -0.15) is 13.2 Å². The van der Waals surface area contributed by atoms with Crippen molar-refractivity contribution in [3.8, 4) is 0 Å². The summed E-state index contributed by atoms with van der Waals surface area (Å²) in [6, 6.07) is 14.6. The summed E-state index contributed by atoms with van der Waals surface area (Å²) in [6.07, 6.45) is -3.94. The van der Waals surface area contributed by atoms with Gasteiger partial charge in [0.1, 0.15) is 5.82 Å². The maximum absolute atomic E-state index is 13.0. The molecule has 0 aliphatic rings. The molecule has 0 aliphatic carbocycles. The number of hydrogen-bond donors (Lipinski definition) is 1. The van der Waals surface area contributed by atoms with Crippen molar-refractivity contribution < 1.29 is 18.0 Å². The van der Waals surface area contributed by atoms with Crippen molar-refractivity contribution in [1.82, 2.24) is 14.8 Å². The van der Waals surface area contributed by atoms with Crippen LogP contribution in [0.1, 0.15) is 17.0 Å². The first kappa shape index (κ1) is 19.9. The highest BCUT2D eigenvalue weighted by molar-refractivity contribution is 7.99. The highest BCUT2D eigenvalue weighted by atomic mass is 32.2. The Bertz CT molecular complexity index is 957. The minimum Gasteiger partial charge on any atom is -0.325 e. The van der Waals surface area contributed by atoms with Crippen LogP contribution in [0.3, 0.4) is 0 Å². The smallest absolute Gasteiger partial charge is 0.325 e. The summed E-state index contributed by atoms with van der Waals surface area (Å²) in [5.41, 5.74) is -0.0588. The van der Waals surface area contributed by atoms with Crippen LogP contribution in [0.4, 0.5) is 18.9 Å². The van der Waals surface area contributed by atoms with Crippen LogP contribution in [0.5, 0.6) is 0 Å². The zero-order valence-corrected chi connectivity index (χ0v) is 15.7. The first-order valence-electron chi connectivity index (χ1n) is 8.35. The molecule has 146 valence electrons. The van der Waals surface area contributed by atoms with Gasteiger partial charge in [-0.3, -0.25) is 4.79 Å². The van der Waals surface area contributed by atoms with Crippen molar-refractivity contribution in [3.63, 3.8) is 0 Å². The van der Waals surface area contributed by atoms with E-state index in [9.17, 15) is 18.0 Å². The number of hydrogen-bond acceptors (Lipinski definition) is 4. The minimum atomic E-state index is -4.53. The molecule has 0 radical (unpaired) electrons.